The van der Waals surface area contributed by atoms with Gasteiger partial charge in [-0.3, -0.25) is 19.6 Å². The van der Waals surface area contributed by atoms with Crippen LogP contribution >= 0.6 is 0 Å². The highest BCUT2D eigenvalue weighted by atomic mass is 16.5. The fourth-order valence-electron chi connectivity index (χ4n) is 3.12. The highest BCUT2D eigenvalue weighted by Gasteiger charge is 2.39. The lowest BCUT2D eigenvalue weighted by atomic mass is 9.80. The van der Waals surface area contributed by atoms with Gasteiger partial charge < -0.3 is 10.6 Å². The minimum atomic E-state index is -0.748. The van der Waals surface area contributed by atoms with Crippen molar-refractivity contribution in [2.75, 3.05) is 0 Å². The average molecular weight is 382 g/mol. The number of rotatable bonds is 10. The first-order chi connectivity index (χ1) is 12.5. The third kappa shape index (κ3) is 7.33. The highest BCUT2D eigenvalue weighted by molar-refractivity contribution is 5.92. The molecule has 7 nitrogen and oxygen atoms in total. The van der Waals surface area contributed by atoms with E-state index in [-0.39, 0.29) is 30.2 Å². The quantitative estimate of drug-likeness (QED) is 0.264. The Morgan fingerprint density at radius 2 is 1.70 bits per heavy atom. The number of carbonyl (C=O) groups is 3. The number of carbonyl (C=O) groups excluding carboxylic acids is 3. The van der Waals surface area contributed by atoms with Gasteiger partial charge in [0, 0.05) is 6.04 Å². The van der Waals surface area contributed by atoms with Crippen LogP contribution in [0.3, 0.4) is 0 Å². The Labute approximate surface area is 162 Å². The van der Waals surface area contributed by atoms with Crippen LogP contribution in [0.5, 0.6) is 0 Å². The van der Waals surface area contributed by atoms with Gasteiger partial charge in [-0.15, -0.1) is 6.58 Å². The lowest BCUT2D eigenvalue weighted by Gasteiger charge is -2.33. The number of nitrogens with one attached hydrogen (secondary N) is 3. The molecule has 27 heavy (non-hydrogen) atoms. The molecule has 7 heteroatoms. The maximum atomic E-state index is 13.1. The predicted octanol–water partition coefficient (Wildman–Crippen LogP) is 2.16. The van der Waals surface area contributed by atoms with Gasteiger partial charge in [-0.1, -0.05) is 40.7 Å². The molecule has 0 saturated heterocycles. The maximum Gasteiger partial charge on any atom is 0.247 e. The summed E-state index contributed by atoms with van der Waals surface area (Å²) in [5, 5.41) is 14.9. The van der Waals surface area contributed by atoms with Crippen LogP contribution in [0, 0.1) is 23.2 Å². The highest BCUT2D eigenvalue weighted by Crippen LogP contribution is 2.27. The van der Waals surface area contributed by atoms with Crippen LogP contribution in [-0.4, -0.2) is 35.0 Å². The van der Waals surface area contributed by atoms with Gasteiger partial charge in [-0.25, -0.2) is 5.48 Å². The summed E-state index contributed by atoms with van der Waals surface area (Å²) in [6.07, 6.45) is 4.20. The lowest BCUT2D eigenvalue weighted by molar-refractivity contribution is -0.142. The van der Waals surface area contributed by atoms with Crippen LogP contribution in [0.15, 0.2) is 12.7 Å². The molecule has 1 rings (SSSR count). The smallest absolute Gasteiger partial charge is 0.247 e. The van der Waals surface area contributed by atoms with Gasteiger partial charge in [-0.2, -0.15) is 0 Å². The predicted molar refractivity (Wildman–Crippen MR) is 104 cm³/mol. The summed E-state index contributed by atoms with van der Waals surface area (Å²) >= 11 is 0. The van der Waals surface area contributed by atoms with E-state index in [2.05, 4.69) is 17.2 Å². The third-order valence-electron chi connectivity index (χ3n) is 4.75. The van der Waals surface area contributed by atoms with Crippen molar-refractivity contribution in [3.8, 4) is 0 Å². The van der Waals surface area contributed by atoms with Crippen molar-refractivity contribution in [3.63, 3.8) is 0 Å². The van der Waals surface area contributed by atoms with Crippen LogP contribution in [-0.2, 0) is 14.4 Å². The fraction of sp³-hybridized carbons (Fsp3) is 0.750. The molecule has 1 saturated carbocycles. The molecule has 0 unspecified atom stereocenters. The molecule has 3 amide bonds. The molecule has 0 bridgehead atoms. The van der Waals surface area contributed by atoms with Crippen molar-refractivity contribution >= 4 is 17.7 Å². The molecule has 154 valence electrons. The monoisotopic (exact) mass is 381 g/mol. The van der Waals surface area contributed by atoms with Crippen LogP contribution in [0.4, 0.5) is 0 Å². The summed E-state index contributed by atoms with van der Waals surface area (Å²) in [5.74, 6) is -2.44. The summed E-state index contributed by atoms with van der Waals surface area (Å²) in [4.78, 5) is 37.9. The number of allylic oxidation sites excluding steroid dienone is 1. The van der Waals surface area contributed by atoms with Crippen LogP contribution in [0.25, 0.3) is 0 Å². The molecule has 0 aromatic heterocycles. The van der Waals surface area contributed by atoms with Gasteiger partial charge in [0.15, 0.2) is 0 Å². The first-order valence-corrected chi connectivity index (χ1v) is 9.66. The SMILES string of the molecule is C=CC[C@H](C(=O)NO)[C@@H](CC(C)C)C(=O)N[C@H](C(=O)NC1CC1)C(C)(C)C. The third-order valence-corrected chi connectivity index (χ3v) is 4.75. The lowest BCUT2D eigenvalue weighted by Crippen LogP contribution is -2.56. The van der Waals surface area contributed by atoms with E-state index in [4.69, 9.17) is 5.21 Å². The van der Waals surface area contributed by atoms with E-state index < -0.39 is 29.2 Å². The van der Waals surface area contributed by atoms with E-state index in [1.807, 2.05) is 34.6 Å². The van der Waals surface area contributed by atoms with Gasteiger partial charge in [0.05, 0.1) is 11.8 Å². The molecule has 0 radical (unpaired) electrons. The minimum Gasteiger partial charge on any atom is -0.352 e. The minimum absolute atomic E-state index is 0.160. The molecule has 0 spiro atoms. The number of amides is 3. The van der Waals surface area contributed by atoms with Gasteiger partial charge in [-0.05, 0) is 37.0 Å². The standard InChI is InChI=1S/C20H35N3O4/c1-7-8-14(18(25)23-27)15(11-12(2)3)17(24)22-16(20(4,5)6)19(26)21-13-9-10-13/h7,12-16,27H,1,8-11H2,2-6H3,(H,21,26)(H,22,24)(H,23,25)/t14-,15+,16+/m0/s1. The molecule has 1 fully saturated rings. The zero-order chi connectivity index (χ0) is 20.8. The number of hydroxylamine groups is 1. The molecule has 0 heterocycles. The first kappa shape index (κ1) is 23.1. The second kappa shape index (κ2) is 9.88. The fourth-order valence-corrected chi connectivity index (χ4v) is 3.12. The van der Waals surface area contributed by atoms with E-state index in [1.54, 1.807) is 11.6 Å². The molecule has 3 atom stereocenters. The summed E-state index contributed by atoms with van der Waals surface area (Å²) in [7, 11) is 0. The van der Waals surface area contributed by atoms with Crippen molar-refractivity contribution in [3.05, 3.63) is 12.7 Å². The molecular formula is C20H35N3O4. The van der Waals surface area contributed by atoms with Crippen molar-refractivity contribution in [1.29, 1.82) is 0 Å². The summed E-state index contributed by atoms with van der Waals surface area (Å²) in [6.45, 7) is 13.2. The maximum absolute atomic E-state index is 13.1. The Hall–Kier alpha value is -1.89. The largest absolute Gasteiger partial charge is 0.352 e. The summed E-state index contributed by atoms with van der Waals surface area (Å²) < 4.78 is 0. The first-order valence-electron chi connectivity index (χ1n) is 9.66. The van der Waals surface area contributed by atoms with Crippen LogP contribution < -0.4 is 16.1 Å². The second-order valence-corrected chi connectivity index (χ2v) is 8.93. The van der Waals surface area contributed by atoms with Crippen LogP contribution in [0.1, 0.15) is 60.3 Å². The Bertz CT molecular complexity index is 550. The topological polar surface area (TPSA) is 108 Å². The van der Waals surface area contributed by atoms with E-state index in [0.29, 0.717) is 6.42 Å². The molecule has 0 aliphatic heterocycles. The molecular weight excluding hydrogens is 346 g/mol. The zero-order valence-corrected chi connectivity index (χ0v) is 17.2. The Morgan fingerprint density at radius 1 is 1.11 bits per heavy atom. The van der Waals surface area contributed by atoms with Crippen molar-refractivity contribution in [2.24, 2.45) is 23.2 Å². The van der Waals surface area contributed by atoms with Gasteiger partial charge >= 0.3 is 0 Å². The molecule has 4 N–H and O–H groups in total. The Kier molecular flexibility index (Phi) is 8.47. The molecule has 0 aromatic carbocycles. The number of hydrogen-bond donors (Lipinski definition) is 4. The molecule has 1 aliphatic rings. The number of hydrogen-bond acceptors (Lipinski definition) is 4. The zero-order valence-electron chi connectivity index (χ0n) is 17.2. The van der Waals surface area contributed by atoms with Crippen molar-refractivity contribution < 1.29 is 19.6 Å². The van der Waals surface area contributed by atoms with Gasteiger partial charge in [0.2, 0.25) is 17.7 Å². The molecule has 0 aromatic rings. The van der Waals surface area contributed by atoms with Crippen LogP contribution in [0.2, 0.25) is 0 Å². The second-order valence-electron chi connectivity index (χ2n) is 8.93. The normalized spacial score (nSPS) is 17.6. The van der Waals surface area contributed by atoms with Crippen molar-refractivity contribution in [2.45, 2.75) is 72.4 Å². The van der Waals surface area contributed by atoms with E-state index in [1.165, 1.54) is 0 Å². The Morgan fingerprint density at radius 3 is 2.11 bits per heavy atom. The van der Waals surface area contributed by atoms with Gasteiger partial charge in [0.25, 0.3) is 0 Å². The van der Waals surface area contributed by atoms with E-state index in [9.17, 15) is 14.4 Å². The van der Waals surface area contributed by atoms with E-state index >= 15 is 0 Å². The van der Waals surface area contributed by atoms with Crippen molar-refractivity contribution in [1.82, 2.24) is 16.1 Å². The summed E-state index contributed by atoms with van der Waals surface area (Å²) in [6, 6.07) is -0.513. The van der Waals surface area contributed by atoms with Gasteiger partial charge in [0.1, 0.15) is 6.04 Å². The summed E-state index contributed by atoms with van der Waals surface area (Å²) in [5.41, 5.74) is 1.17. The average Bonchev–Trinajstić information content (AvgIpc) is 3.37. The Balaban J connectivity index is 3.04. The van der Waals surface area contributed by atoms with E-state index in [0.717, 1.165) is 12.8 Å². The molecule has 1 aliphatic carbocycles.